The van der Waals surface area contributed by atoms with Gasteiger partial charge in [0.1, 0.15) is 23.1 Å². The second-order valence-electron chi connectivity index (χ2n) is 9.87. The number of nitrogens with zero attached hydrogens (tertiary/aromatic N) is 2. The van der Waals surface area contributed by atoms with Crippen molar-refractivity contribution in [3.8, 4) is 33.1 Å². The molecule has 7 heteroatoms. The van der Waals surface area contributed by atoms with Crippen LogP contribution in [0.3, 0.4) is 0 Å². The van der Waals surface area contributed by atoms with Crippen LogP contribution in [0.5, 0.6) is 11.5 Å². The van der Waals surface area contributed by atoms with E-state index in [1.54, 1.807) is 23.5 Å². The molecule has 0 saturated carbocycles. The summed E-state index contributed by atoms with van der Waals surface area (Å²) in [6.07, 6.45) is 8.93. The van der Waals surface area contributed by atoms with Crippen LogP contribution >= 0.6 is 11.3 Å². The number of pyridine rings is 1. The number of fused-ring (bicyclic) bond motifs is 1. The molecule has 0 aliphatic heterocycles. The summed E-state index contributed by atoms with van der Waals surface area (Å²) in [5.74, 6) is 0.169. The van der Waals surface area contributed by atoms with E-state index in [4.69, 9.17) is 19.6 Å². The Morgan fingerprint density at radius 1 is 0.905 bits per heavy atom. The molecule has 6 nitrogen and oxygen atoms in total. The van der Waals surface area contributed by atoms with Crippen molar-refractivity contribution < 1.29 is 19.4 Å². The summed E-state index contributed by atoms with van der Waals surface area (Å²) in [7, 11) is 0. The van der Waals surface area contributed by atoms with E-state index in [9.17, 15) is 4.79 Å². The topological polar surface area (TPSA) is 81.5 Å². The molecule has 3 aromatic carbocycles. The number of rotatable bonds is 9. The highest BCUT2D eigenvalue weighted by Crippen LogP contribution is 2.37. The Morgan fingerprint density at radius 2 is 1.69 bits per heavy atom. The lowest BCUT2D eigenvalue weighted by atomic mass is 10.0. The van der Waals surface area contributed by atoms with Crippen molar-refractivity contribution in [1.29, 1.82) is 0 Å². The third-order valence-electron chi connectivity index (χ3n) is 6.95. The van der Waals surface area contributed by atoms with E-state index in [1.165, 1.54) is 5.56 Å². The van der Waals surface area contributed by atoms with Crippen molar-refractivity contribution in [3.63, 3.8) is 0 Å². The largest absolute Gasteiger partial charge is 0.486 e. The summed E-state index contributed by atoms with van der Waals surface area (Å²) >= 11 is 1.63. The van der Waals surface area contributed by atoms with Crippen LogP contribution < -0.4 is 20.0 Å². The van der Waals surface area contributed by atoms with E-state index < -0.39 is 5.97 Å². The van der Waals surface area contributed by atoms with Gasteiger partial charge in [0.05, 0.1) is 15.9 Å². The minimum Gasteiger partial charge on any atom is -0.486 e. The van der Waals surface area contributed by atoms with Crippen molar-refractivity contribution in [1.82, 2.24) is 9.97 Å². The van der Waals surface area contributed by atoms with E-state index in [1.807, 2.05) is 43.5 Å². The summed E-state index contributed by atoms with van der Waals surface area (Å²) in [5.41, 5.74) is 6.31. The molecular formula is C35H28N2O4S. The van der Waals surface area contributed by atoms with Crippen molar-refractivity contribution in [2.24, 2.45) is 0 Å². The minimum atomic E-state index is -1.01. The molecular weight excluding hydrogens is 544 g/mol. The molecule has 42 heavy (non-hydrogen) atoms. The van der Waals surface area contributed by atoms with Crippen molar-refractivity contribution in [2.45, 2.75) is 20.0 Å². The fourth-order valence-electron chi connectivity index (χ4n) is 4.83. The maximum Gasteiger partial charge on any atom is 0.341 e. The number of carboxylic acid groups (broad SMARTS) is 1. The third kappa shape index (κ3) is 6.16. The Hall–Kier alpha value is -5.01. The van der Waals surface area contributed by atoms with E-state index in [0.29, 0.717) is 18.1 Å². The Morgan fingerprint density at radius 3 is 2.48 bits per heavy atom. The number of thiazole rings is 1. The molecule has 5 aromatic rings. The number of hydrogen-bond acceptors (Lipinski definition) is 6. The first-order chi connectivity index (χ1) is 20.5. The van der Waals surface area contributed by atoms with Gasteiger partial charge in [0.15, 0.2) is 6.61 Å². The molecule has 1 aliphatic rings. The zero-order chi connectivity index (χ0) is 28.9. The van der Waals surface area contributed by atoms with Crippen LogP contribution in [0.15, 0.2) is 97.2 Å². The molecule has 0 saturated heterocycles. The summed E-state index contributed by atoms with van der Waals surface area (Å²) in [6.45, 7) is 1.78. The second kappa shape index (κ2) is 12.2. The maximum atomic E-state index is 10.8. The quantitative estimate of drug-likeness (QED) is 0.224. The smallest absolute Gasteiger partial charge is 0.341 e. The van der Waals surface area contributed by atoms with Crippen LogP contribution in [0.2, 0.25) is 0 Å². The SMILES string of the molecule is Cc1cc(OCc2nc(C3=CC=c4ncccc4=CC3)c(-c3ccc(-c4ccccc4)cc3)s2)ccc1OCC(=O)O. The minimum absolute atomic E-state index is 0.303. The summed E-state index contributed by atoms with van der Waals surface area (Å²) in [4.78, 5) is 21.5. The van der Waals surface area contributed by atoms with Gasteiger partial charge in [0.25, 0.3) is 0 Å². The van der Waals surface area contributed by atoms with Gasteiger partial charge in [-0.25, -0.2) is 9.78 Å². The van der Waals surface area contributed by atoms with Gasteiger partial charge in [0, 0.05) is 6.20 Å². The number of aromatic nitrogens is 2. The number of carboxylic acids is 1. The lowest BCUT2D eigenvalue weighted by Crippen LogP contribution is -2.26. The second-order valence-corrected chi connectivity index (χ2v) is 11.0. The first-order valence-corrected chi connectivity index (χ1v) is 14.4. The van der Waals surface area contributed by atoms with Crippen LogP contribution in [0, 0.1) is 6.92 Å². The first-order valence-electron chi connectivity index (χ1n) is 13.6. The number of ether oxygens (including phenoxy) is 2. The monoisotopic (exact) mass is 572 g/mol. The number of hydrogen-bond donors (Lipinski definition) is 1. The molecule has 0 unspecified atom stereocenters. The van der Waals surface area contributed by atoms with Gasteiger partial charge in [-0.1, -0.05) is 72.8 Å². The molecule has 208 valence electrons. The third-order valence-corrected chi connectivity index (χ3v) is 8.02. The molecule has 0 fully saturated rings. The Balaban J connectivity index is 1.30. The number of aliphatic carboxylic acids is 1. The lowest BCUT2D eigenvalue weighted by molar-refractivity contribution is -0.139. The molecule has 0 atom stereocenters. The number of benzene rings is 3. The van der Waals surface area contributed by atoms with Crippen molar-refractivity contribution >= 4 is 35.0 Å². The van der Waals surface area contributed by atoms with Crippen molar-refractivity contribution in [2.75, 3.05) is 6.61 Å². The number of aryl methyl sites for hydroxylation is 1. The normalized spacial score (nSPS) is 12.3. The Labute approximate surface area is 247 Å². The highest BCUT2D eigenvalue weighted by atomic mass is 32.1. The van der Waals surface area contributed by atoms with Crippen LogP contribution in [-0.4, -0.2) is 27.7 Å². The molecule has 0 radical (unpaired) electrons. The van der Waals surface area contributed by atoms with Crippen LogP contribution in [0.1, 0.15) is 22.7 Å². The van der Waals surface area contributed by atoms with E-state index in [0.717, 1.165) is 54.8 Å². The zero-order valence-corrected chi connectivity index (χ0v) is 23.8. The summed E-state index contributed by atoms with van der Waals surface area (Å²) < 4.78 is 11.5. The van der Waals surface area contributed by atoms with Gasteiger partial charge in [-0.3, -0.25) is 4.98 Å². The Kier molecular flexibility index (Phi) is 7.92. The number of carbonyl (C=O) groups is 1. The lowest BCUT2D eigenvalue weighted by Gasteiger charge is -2.09. The van der Waals surface area contributed by atoms with Gasteiger partial charge >= 0.3 is 5.97 Å². The average molecular weight is 573 g/mol. The van der Waals surface area contributed by atoms with Crippen LogP contribution in [-0.2, 0) is 11.4 Å². The fourth-order valence-corrected chi connectivity index (χ4v) is 5.84. The van der Waals surface area contributed by atoms with E-state index in [-0.39, 0.29) is 6.61 Å². The summed E-state index contributed by atoms with van der Waals surface area (Å²) in [5, 5.41) is 11.8. The Bertz CT molecular complexity index is 1890. The van der Waals surface area contributed by atoms with Gasteiger partial charge in [-0.05, 0) is 76.7 Å². The molecule has 2 heterocycles. The van der Waals surface area contributed by atoms with Crippen molar-refractivity contribution in [3.05, 3.63) is 124 Å². The van der Waals surface area contributed by atoms with Gasteiger partial charge < -0.3 is 14.6 Å². The fraction of sp³-hybridized carbons (Fsp3) is 0.114. The predicted molar refractivity (Wildman–Crippen MR) is 167 cm³/mol. The van der Waals surface area contributed by atoms with E-state index in [2.05, 4.69) is 65.7 Å². The number of allylic oxidation sites excluding steroid dienone is 2. The maximum absolute atomic E-state index is 10.8. The molecule has 1 aliphatic carbocycles. The molecule has 0 spiro atoms. The zero-order valence-electron chi connectivity index (χ0n) is 23.0. The predicted octanol–water partition coefficient (Wildman–Crippen LogP) is 6.27. The highest BCUT2D eigenvalue weighted by molar-refractivity contribution is 7.15. The van der Waals surface area contributed by atoms with E-state index >= 15 is 0 Å². The molecule has 1 N–H and O–H groups in total. The molecule has 2 aromatic heterocycles. The van der Waals surface area contributed by atoms with Crippen LogP contribution in [0.4, 0.5) is 0 Å². The standard InChI is InChI=1S/C35H28N2O4S/c1-23-20-29(16-18-31(23)41-22-33(38)39)40-21-32-37-34(27-12-11-26-8-5-19-36-30(26)17-15-27)35(42-32)28-13-9-25(10-14-28)24-6-3-2-4-7-24/h2-11,13-20H,12,21-22H2,1H3,(H,38,39). The van der Waals surface area contributed by atoms with Gasteiger partial charge in [0.2, 0.25) is 0 Å². The molecule has 6 rings (SSSR count). The average Bonchev–Trinajstić information content (AvgIpc) is 3.32. The van der Waals surface area contributed by atoms with Gasteiger partial charge in [-0.2, -0.15) is 0 Å². The molecule has 0 bridgehead atoms. The summed E-state index contributed by atoms with van der Waals surface area (Å²) in [6, 6.07) is 28.4. The first kappa shape index (κ1) is 27.2. The molecule has 0 amide bonds. The van der Waals surface area contributed by atoms with Gasteiger partial charge in [-0.15, -0.1) is 11.3 Å². The highest BCUT2D eigenvalue weighted by Gasteiger charge is 2.18. The van der Waals surface area contributed by atoms with Crippen LogP contribution in [0.25, 0.3) is 39.3 Å².